The average Bonchev–Trinajstić information content (AvgIpc) is 2.47. The molecule has 0 saturated heterocycles. The van der Waals surface area contributed by atoms with Crippen LogP contribution in [0.2, 0.25) is 0 Å². The summed E-state index contributed by atoms with van der Waals surface area (Å²) in [6.45, 7) is 7.14. The van der Waals surface area contributed by atoms with Gasteiger partial charge < -0.3 is 4.90 Å². The summed E-state index contributed by atoms with van der Waals surface area (Å²) in [5.41, 5.74) is 0.138. The van der Waals surface area contributed by atoms with Crippen LogP contribution in [-0.4, -0.2) is 24.4 Å². The van der Waals surface area contributed by atoms with Crippen molar-refractivity contribution >= 4 is 33.2 Å². The van der Waals surface area contributed by atoms with Gasteiger partial charge in [0.2, 0.25) is 0 Å². The third kappa shape index (κ3) is 3.95. The first kappa shape index (κ1) is 12.7. The SMILES string of the molecule is CN(CC(C)(C)C)C(=O)c1ccc(Br)s1. The van der Waals surface area contributed by atoms with E-state index in [-0.39, 0.29) is 11.3 Å². The number of carbonyl (C=O) groups is 1. The van der Waals surface area contributed by atoms with Crippen molar-refractivity contribution in [3.05, 3.63) is 20.8 Å². The molecule has 0 unspecified atom stereocenters. The molecule has 0 aliphatic heterocycles. The molecule has 4 heteroatoms. The van der Waals surface area contributed by atoms with Crippen molar-refractivity contribution in [3.63, 3.8) is 0 Å². The van der Waals surface area contributed by atoms with Gasteiger partial charge in [-0.05, 0) is 33.5 Å². The van der Waals surface area contributed by atoms with Gasteiger partial charge in [-0.1, -0.05) is 20.8 Å². The summed E-state index contributed by atoms with van der Waals surface area (Å²) >= 11 is 4.83. The molecule has 0 spiro atoms. The molecule has 1 heterocycles. The van der Waals surface area contributed by atoms with Gasteiger partial charge in [-0.25, -0.2) is 0 Å². The lowest BCUT2D eigenvalue weighted by Crippen LogP contribution is -2.34. The molecule has 0 aliphatic carbocycles. The highest BCUT2D eigenvalue weighted by Crippen LogP contribution is 2.24. The van der Waals surface area contributed by atoms with Gasteiger partial charge in [0.05, 0.1) is 8.66 Å². The molecule has 0 fully saturated rings. The van der Waals surface area contributed by atoms with Crippen LogP contribution in [-0.2, 0) is 0 Å². The van der Waals surface area contributed by atoms with Crippen LogP contribution in [0.5, 0.6) is 0 Å². The van der Waals surface area contributed by atoms with E-state index < -0.39 is 0 Å². The van der Waals surface area contributed by atoms with Crippen molar-refractivity contribution < 1.29 is 4.79 Å². The number of rotatable bonds is 2. The van der Waals surface area contributed by atoms with Gasteiger partial charge in [0.25, 0.3) is 5.91 Å². The Morgan fingerprint density at radius 2 is 2.07 bits per heavy atom. The number of carbonyl (C=O) groups excluding carboxylic acids is 1. The van der Waals surface area contributed by atoms with E-state index in [0.29, 0.717) is 0 Å². The van der Waals surface area contributed by atoms with Gasteiger partial charge in [-0.2, -0.15) is 0 Å². The Labute approximate surface area is 103 Å². The fourth-order valence-corrected chi connectivity index (χ4v) is 2.78. The van der Waals surface area contributed by atoms with Gasteiger partial charge in [0.15, 0.2) is 0 Å². The smallest absolute Gasteiger partial charge is 0.263 e. The van der Waals surface area contributed by atoms with E-state index in [1.807, 2.05) is 19.2 Å². The van der Waals surface area contributed by atoms with Crippen LogP contribution < -0.4 is 0 Å². The second-order valence-electron chi connectivity index (χ2n) is 4.83. The van der Waals surface area contributed by atoms with Crippen molar-refractivity contribution in [2.24, 2.45) is 5.41 Å². The summed E-state index contributed by atoms with van der Waals surface area (Å²) < 4.78 is 0.995. The molecule has 0 aromatic carbocycles. The van der Waals surface area contributed by atoms with Crippen LogP contribution >= 0.6 is 27.3 Å². The normalized spacial score (nSPS) is 11.5. The Morgan fingerprint density at radius 3 is 2.47 bits per heavy atom. The lowest BCUT2D eigenvalue weighted by molar-refractivity contribution is 0.0750. The minimum atomic E-state index is 0.0978. The minimum absolute atomic E-state index is 0.0978. The quantitative estimate of drug-likeness (QED) is 0.814. The third-order valence-electron chi connectivity index (χ3n) is 1.84. The van der Waals surface area contributed by atoms with E-state index >= 15 is 0 Å². The van der Waals surface area contributed by atoms with Crippen molar-refractivity contribution in [1.29, 1.82) is 0 Å². The number of thiophene rings is 1. The first-order valence-electron chi connectivity index (χ1n) is 4.80. The first-order chi connectivity index (χ1) is 6.79. The Morgan fingerprint density at radius 1 is 1.47 bits per heavy atom. The van der Waals surface area contributed by atoms with Crippen molar-refractivity contribution in [3.8, 4) is 0 Å². The molecule has 0 N–H and O–H groups in total. The maximum Gasteiger partial charge on any atom is 0.263 e. The Kier molecular flexibility index (Phi) is 3.95. The maximum absolute atomic E-state index is 12.0. The molecule has 2 nitrogen and oxygen atoms in total. The van der Waals surface area contributed by atoms with E-state index in [2.05, 4.69) is 36.7 Å². The zero-order valence-electron chi connectivity index (χ0n) is 9.50. The van der Waals surface area contributed by atoms with Gasteiger partial charge in [-0.3, -0.25) is 4.79 Å². The van der Waals surface area contributed by atoms with Gasteiger partial charge in [0.1, 0.15) is 0 Å². The molecule has 0 saturated carbocycles. The molecule has 0 aliphatic rings. The number of amides is 1. The Bertz CT molecular complexity index is 354. The van der Waals surface area contributed by atoms with Gasteiger partial charge in [0, 0.05) is 13.6 Å². The fraction of sp³-hybridized carbons (Fsp3) is 0.545. The molecular weight excluding hydrogens is 274 g/mol. The lowest BCUT2D eigenvalue weighted by Gasteiger charge is -2.26. The van der Waals surface area contributed by atoms with Crippen LogP contribution in [0.25, 0.3) is 0 Å². The minimum Gasteiger partial charge on any atom is -0.340 e. The number of nitrogens with zero attached hydrogens (tertiary/aromatic N) is 1. The summed E-state index contributed by atoms with van der Waals surface area (Å²) in [5.74, 6) is 0.0978. The van der Waals surface area contributed by atoms with Crippen molar-refractivity contribution in [2.45, 2.75) is 20.8 Å². The van der Waals surface area contributed by atoms with Crippen molar-refractivity contribution in [1.82, 2.24) is 4.90 Å². The van der Waals surface area contributed by atoms with Crippen LogP contribution in [0.3, 0.4) is 0 Å². The molecule has 0 atom stereocenters. The molecule has 0 bridgehead atoms. The predicted molar refractivity (Wildman–Crippen MR) is 68.4 cm³/mol. The van der Waals surface area contributed by atoms with E-state index in [1.54, 1.807) is 4.90 Å². The molecule has 1 rings (SSSR count). The Balaban J connectivity index is 2.69. The highest BCUT2D eigenvalue weighted by atomic mass is 79.9. The van der Waals surface area contributed by atoms with Crippen LogP contribution in [0.1, 0.15) is 30.4 Å². The van der Waals surface area contributed by atoms with Gasteiger partial charge >= 0.3 is 0 Å². The topological polar surface area (TPSA) is 20.3 Å². The summed E-state index contributed by atoms with van der Waals surface area (Å²) in [6, 6.07) is 3.76. The maximum atomic E-state index is 12.0. The van der Waals surface area contributed by atoms with E-state index in [0.717, 1.165) is 15.2 Å². The second kappa shape index (κ2) is 4.66. The molecule has 1 amide bonds. The van der Waals surface area contributed by atoms with Crippen molar-refractivity contribution in [2.75, 3.05) is 13.6 Å². The molecule has 1 aromatic heterocycles. The van der Waals surface area contributed by atoms with Gasteiger partial charge in [-0.15, -0.1) is 11.3 Å². The molecule has 1 aromatic rings. The zero-order chi connectivity index (χ0) is 11.6. The molecule has 84 valence electrons. The number of halogens is 1. The van der Waals surface area contributed by atoms with Crippen LogP contribution in [0.15, 0.2) is 15.9 Å². The summed E-state index contributed by atoms with van der Waals surface area (Å²) in [7, 11) is 1.85. The van der Waals surface area contributed by atoms with E-state index in [1.165, 1.54) is 11.3 Å². The standard InChI is InChI=1S/C11H16BrNOS/c1-11(2,3)7-13(4)10(14)8-5-6-9(12)15-8/h5-6H,7H2,1-4H3. The monoisotopic (exact) mass is 289 g/mol. The summed E-state index contributed by atoms with van der Waals surface area (Å²) in [4.78, 5) is 14.5. The second-order valence-corrected chi connectivity index (χ2v) is 7.29. The third-order valence-corrected chi connectivity index (χ3v) is 3.45. The predicted octanol–water partition coefficient (Wildman–Crippen LogP) is 3.63. The summed E-state index contributed by atoms with van der Waals surface area (Å²) in [6.07, 6.45) is 0. The highest BCUT2D eigenvalue weighted by Gasteiger charge is 2.19. The molecular formula is C11H16BrNOS. The highest BCUT2D eigenvalue weighted by molar-refractivity contribution is 9.11. The zero-order valence-corrected chi connectivity index (χ0v) is 11.9. The fourth-order valence-electron chi connectivity index (χ4n) is 1.40. The number of hydrogen-bond donors (Lipinski definition) is 0. The van der Waals surface area contributed by atoms with E-state index in [9.17, 15) is 4.79 Å². The number of hydrogen-bond acceptors (Lipinski definition) is 2. The van der Waals surface area contributed by atoms with E-state index in [4.69, 9.17) is 0 Å². The van der Waals surface area contributed by atoms with Crippen LogP contribution in [0, 0.1) is 5.41 Å². The average molecular weight is 290 g/mol. The molecule has 15 heavy (non-hydrogen) atoms. The lowest BCUT2D eigenvalue weighted by atomic mass is 9.96. The summed E-state index contributed by atoms with van der Waals surface area (Å²) in [5, 5.41) is 0. The Hall–Kier alpha value is -0.350. The van der Waals surface area contributed by atoms with Crippen LogP contribution in [0.4, 0.5) is 0 Å². The molecule has 0 radical (unpaired) electrons. The first-order valence-corrected chi connectivity index (χ1v) is 6.41. The largest absolute Gasteiger partial charge is 0.340 e.